The Balaban J connectivity index is 0.000000690. The van der Waals surface area contributed by atoms with Crippen molar-refractivity contribution in [1.82, 2.24) is 0 Å². The molecule has 0 aromatic heterocycles. The smallest absolute Gasteiger partial charge is 0.418 e. The Hall–Kier alpha value is -1.58. The molecule has 0 unspecified atom stereocenters. The lowest BCUT2D eigenvalue weighted by Crippen LogP contribution is -2.02. The highest BCUT2D eigenvalue weighted by atomic mass is 19.5. The summed E-state index contributed by atoms with van der Waals surface area (Å²) >= 11 is 0. The van der Waals surface area contributed by atoms with Crippen LogP contribution in [0.3, 0.4) is 0 Å². The molecule has 0 saturated carbocycles. The van der Waals surface area contributed by atoms with Crippen LogP contribution in [-0.4, -0.2) is 7.25 Å². The lowest BCUT2D eigenvalue weighted by molar-refractivity contribution is 0.368. The van der Waals surface area contributed by atoms with Gasteiger partial charge < -0.3 is 17.3 Å². The Kier molecular flexibility index (Phi) is 8.01. The van der Waals surface area contributed by atoms with Gasteiger partial charge in [0.25, 0.3) is 0 Å². The molecule has 0 saturated heterocycles. The summed E-state index contributed by atoms with van der Waals surface area (Å²) < 4.78 is 39.0. The highest BCUT2D eigenvalue weighted by Gasteiger charge is 2.20. The van der Waals surface area contributed by atoms with E-state index in [1.54, 1.807) is 0 Å². The van der Waals surface area contributed by atoms with Crippen molar-refractivity contribution in [3.8, 4) is 0 Å². The van der Waals surface area contributed by atoms with Gasteiger partial charge in [-0.05, 0) is 30.2 Å². The van der Waals surface area contributed by atoms with E-state index in [1.165, 1.54) is 5.56 Å². The number of benzene rings is 1. The maximum Gasteiger partial charge on any atom is 0.673 e. The van der Waals surface area contributed by atoms with Gasteiger partial charge >= 0.3 is 12.9 Å². The van der Waals surface area contributed by atoms with Crippen LogP contribution in [0.4, 0.5) is 23.0 Å². The summed E-state index contributed by atoms with van der Waals surface area (Å²) in [4.78, 5) is 3.39. The van der Waals surface area contributed by atoms with Gasteiger partial charge in [0.1, 0.15) is 0 Å². The predicted octanol–water partition coefficient (Wildman–Crippen LogP) is 5.87. The van der Waals surface area contributed by atoms with Gasteiger partial charge in [0.05, 0.1) is 0 Å². The van der Waals surface area contributed by atoms with E-state index in [1.807, 2.05) is 6.07 Å². The molecule has 0 aliphatic heterocycles. The predicted molar refractivity (Wildman–Crippen MR) is 78.5 cm³/mol. The minimum atomic E-state index is -6.00. The zero-order valence-electron chi connectivity index (χ0n) is 12.8. The van der Waals surface area contributed by atoms with Crippen LogP contribution in [0.25, 0.3) is 4.98 Å². The number of nitrogens with zero attached hydrogens (tertiary/aromatic N) is 2. The molecule has 0 radical (unpaired) electrons. The van der Waals surface area contributed by atoms with Gasteiger partial charge in [0.2, 0.25) is 5.39 Å². The van der Waals surface area contributed by atoms with Crippen LogP contribution in [0.5, 0.6) is 0 Å². The zero-order valence-corrected chi connectivity index (χ0v) is 12.8. The van der Waals surface area contributed by atoms with Crippen molar-refractivity contribution in [3.63, 3.8) is 0 Å². The number of halogens is 4. The molecular formula is C14H21BF4N2. The molecule has 0 fully saturated rings. The molecule has 0 heterocycles. The molecule has 118 valence electrons. The highest BCUT2D eigenvalue weighted by Crippen LogP contribution is 2.25. The Bertz CT molecular complexity index is 473. The third kappa shape index (κ3) is 10.8. The largest absolute Gasteiger partial charge is 0.673 e. The normalized spacial score (nSPS) is 11.1. The summed E-state index contributed by atoms with van der Waals surface area (Å²) in [6.45, 7) is 8.72. The van der Waals surface area contributed by atoms with Crippen LogP contribution in [-0.2, 0) is 12.8 Å². The Morgan fingerprint density at radius 1 is 1.00 bits per heavy atom. The molecule has 0 bridgehead atoms. The molecule has 0 atom stereocenters. The van der Waals surface area contributed by atoms with E-state index in [2.05, 4.69) is 44.8 Å². The summed E-state index contributed by atoms with van der Waals surface area (Å²) in [7, 11) is -6.00. The average Bonchev–Trinajstić information content (AvgIpc) is 2.27. The van der Waals surface area contributed by atoms with Crippen molar-refractivity contribution in [2.24, 2.45) is 11.8 Å². The van der Waals surface area contributed by atoms with Gasteiger partial charge in [-0.1, -0.05) is 39.8 Å². The van der Waals surface area contributed by atoms with Crippen molar-refractivity contribution in [2.45, 2.75) is 40.5 Å². The second kappa shape index (κ2) is 8.65. The van der Waals surface area contributed by atoms with Gasteiger partial charge in [-0.15, -0.1) is 0 Å². The molecule has 1 aromatic carbocycles. The molecule has 0 spiro atoms. The quantitative estimate of drug-likeness (QED) is 0.388. The minimum Gasteiger partial charge on any atom is -0.418 e. The first-order valence-corrected chi connectivity index (χ1v) is 6.87. The SMILES string of the molecule is CC(C)Cc1ccc(CC(C)C)c([N+]#N)c1.F[B-](F)(F)F. The monoisotopic (exact) mass is 304 g/mol. The van der Waals surface area contributed by atoms with Gasteiger partial charge in [0.15, 0.2) is 4.98 Å². The summed E-state index contributed by atoms with van der Waals surface area (Å²) in [5, 5.41) is 9.01. The molecule has 0 amide bonds. The highest BCUT2D eigenvalue weighted by molar-refractivity contribution is 6.50. The Morgan fingerprint density at radius 3 is 1.86 bits per heavy atom. The van der Waals surface area contributed by atoms with E-state index in [9.17, 15) is 17.3 Å². The zero-order chi connectivity index (χ0) is 16.6. The Morgan fingerprint density at radius 2 is 1.48 bits per heavy atom. The van der Waals surface area contributed by atoms with Gasteiger partial charge in [-0.2, -0.15) is 0 Å². The van der Waals surface area contributed by atoms with Gasteiger partial charge in [-0.25, -0.2) is 0 Å². The van der Waals surface area contributed by atoms with Crippen molar-refractivity contribution in [1.29, 1.82) is 5.39 Å². The molecule has 0 aliphatic carbocycles. The first-order chi connectivity index (χ1) is 9.52. The number of hydrogen-bond acceptors (Lipinski definition) is 1. The molecule has 1 rings (SSSR count). The summed E-state index contributed by atoms with van der Waals surface area (Å²) in [5.41, 5.74) is 3.10. The van der Waals surface area contributed by atoms with E-state index in [0.717, 1.165) is 24.1 Å². The van der Waals surface area contributed by atoms with Gasteiger partial charge in [-0.3, -0.25) is 0 Å². The van der Waals surface area contributed by atoms with Crippen LogP contribution in [0.1, 0.15) is 38.8 Å². The summed E-state index contributed by atoms with van der Waals surface area (Å²) in [5.74, 6) is 1.21. The third-order valence-electron chi connectivity index (χ3n) is 2.53. The summed E-state index contributed by atoms with van der Waals surface area (Å²) in [6, 6.07) is 6.23. The van der Waals surface area contributed by atoms with Crippen LogP contribution in [0.2, 0.25) is 0 Å². The second-order valence-electron chi connectivity index (χ2n) is 5.75. The van der Waals surface area contributed by atoms with Crippen LogP contribution < -0.4 is 0 Å². The Labute approximate surface area is 123 Å². The average molecular weight is 304 g/mol. The maximum absolute atomic E-state index is 9.75. The molecule has 2 nitrogen and oxygen atoms in total. The van der Waals surface area contributed by atoms with Crippen LogP contribution in [0, 0.1) is 17.2 Å². The fourth-order valence-electron chi connectivity index (χ4n) is 1.91. The third-order valence-corrected chi connectivity index (χ3v) is 2.53. The van der Waals surface area contributed by atoms with E-state index in [0.29, 0.717) is 11.8 Å². The number of hydrogen-bond donors (Lipinski definition) is 0. The fraction of sp³-hybridized carbons (Fsp3) is 0.571. The molecule has 21 heavy (non-hydrogen) atoms. The topological polar surface area (TPSA) is 28.1 Å². The lowest BCUT2D eigenvalue weighted by Gasteiger charge is -2.06. The van der Waals surface area contributed by atoms with Crippen LogP contribution in [0.15, 0.2) is 18.2 Å². The van der Waals surface area contributed by atoms with Crippen molar-refractivity contribution < 1.29 is 17.3 Å². The number of diazo groups is 1. The van der Waals surface area contributed by atoms with Crippen molar-refractivity contribution in [3.05, 3.63) is 34.3 Å². The second-order valence-corrected chi connectivity index (χ2v) is 5.75. The minimum absolute atomic E-state index is 0.580. The molecular weight excluding hydrogens is 283 g/mol. The first-order valence-electron chi connectivity index (χ1n) is 6.87. The van der Waals surface area contributed by atoms with Crippen LogP contribution >= 0.6 is 0 Å². The number of rotatable bonds is 4. The van der Waals surface area contributed by atoms with E-state index in [4.69, 9.17) is 5.39 Å². The van der Waals surface area contributed by atoms with E-state index >= 15 is 0 Å². The van der Waals surface area contributed by atoms with Gasteiger partial charge in [0, 0.05) is 11.6 Å². The van der Waals surface area contributed by atoms with E-state index in [-0.39, 0.29) is 0 Å². The molecule has 7 heteroatoms. The molecule has 0 aliphatic rings. The van der Waals surface area contributed by atoms with E-state index < -0.39 is 7.25 Å². The fourth-order valence-corrected chi connectivity index (χ4v) is 1.91. The van der Waals surface area contributed by atoms with Crippen molar-refractivity contribution in [2.75, 3.05) is 0 Å². The first kappa shape index (κ1) is 19.4. The van der Waals surface area contributed by atoms with Crippen molar-refractivity contribution >= 4 is 12.9 Å². The standard InChI is InChI=1S/C14H21N2.BF4/c1-10(2)7-12-5-6-13(8-11(3)4)14(9-12)16-15;2-1(3,4)5/h5-6,9-11H,7-8H2,1-4H3;/q+1;-1. The maximum atomic E-state index is 9.75. The molecule has 1 aromatic rings. The summed E-state index contributed by atoms with van der Waals surface area (Å²) in [6.07, 6.45) is 1.99. The lowest BCUT2D eigenvalue weighted by atomic mass is 9.96. The molecule has 0 N–H and O–H groups in total.